The number of hydrogen-bond acceptors (Lipinski definition) is 6. The summed E-state index contributed by atoms with van der Waals surface area (Å²) in [7, 11) is -7.03. The Morgan fingerprint density at radius 2 is 1.62 bits per heavy atom. The molecule has 11 heteroatoms. The first-order chi connectivity index (χ1) is 15.3. The van der Waals surface area contributed by atoms with Gasteiger partial charge < -0.3 is 4.90 Å². The summed E-state index contributed by atoms with van der Waals surface area (Å²) in [5, 5.41) is 1.73. The average Bonchev–Trinajstić information content (AvgIpc) is 3.35. The Hall–Kier alpha value is -1.79. The van der Waals surface area contributed by atoms with Crippen LogP contribution in [0.15, 0.2) is 52.1 Å². The first-order valence-corrected chi connectivity index (χ1v) is 14.5. The van der Waals surface area contributed by atoms with Crippen LogP contribution in [0.2, 0.25) is 0 Å². The smallest absolute Gasteiger partial charge is 0.252 e. The molecule has 1 aromatic carbocycles. The SMILES string of the molecule is O=C([C@H]1CCCN(S(=O)(=O)c2cccs2)C1)N1CCN(S(=O)(=O)Cc2ccccc2)CC1. The molecule has 32 heavy (non-hydrogen) atoms. The lowest BCUT2D eigenvalue weighted by Crippen LogP contribution is -2.54. The minimum Gasteiger partial charge on any atom is -0.340 e. The van der Waals surface area contributed by atoms with E-state index < -0.39 is 26.0 Å². The van der Waals surface area contributed by atoms with Crippen LogP contribution >= 0.6 is 11.3 Å². The van der Waals surface area contributed by atoms with Crippen LogP contribution in [-0.4, -0.2) is 75.5 Å². The zero-order chi connectivity index (χ0) is 22.8. The van der Waals surface area contributed by atoms with Crippen molar-refractivity contribution in [1.29, 1.82) is 0 Å². The zero-order valence-corrected chi connectivity index (χ0v) is 20.1. The molecule has 174 valence electrons. The van der Waals surface area contributed by atoms with Gasteiger partial charge in [-0.3, -0.25) is 4.79 Å². The Labute approximate surface area is 193 Å². The van der Waals surface area contributed by atoms with Gasteiger partial charge in [0.05, 0.1) is 11.7 Å². The molecule has 0 unspecified atom stereocenters. The van der Waals surface area contributed by atoms with Crippen LogP contribution in [0, 0.1) is 5.92 Å². The Kier molecular flexibility index (Phi) is 7.01. The summed E-state index contributed by atoms with van der Waals surface area (Å²) in [6.07, 6.45) is 1.27. The Morgan fingerprint density at radius 3 is 2.28 bits per heavy atom. The molecular weight excluding hydrogens is 470 g/mol. The van der Waals surface area contributed by atoms with Crippen LogP contribution in [0.3, 0.4) is 0 Å². The monoisotopic (exact) mass is 497 g/mol. The predicted octanol–water partition coefficient (Wildman–Crippen LogP) is 1.82. The maximum absolute atomic E-state index is 13.1. The van der Waals surface area contributed by atoms with Crippen molar-refractivity contribution in [2.45, 2.75) is 22.8 Å². The fourth-order valence-electron chi connectivity index (χ4n) is 4.22. The molecule has 2 aliphatic rings. The first-order valence-electron chi connectivity index (χ1n) is 10.6. The third-order valence-corrected chi connectivity index (χ3v) is 11.0. The van der Waals surface area contributed by atoms with Gasteiger partial charge in [0, 0.05) is 39.3 Å². The number of carbonyl (C=O) groups excluding carboxylic acids is 1. The molecule has 2 saturated heterocycles. The van der Waals surface area contributed by atoms with Crippen molar-refractivity contribution >= 4 is 37.3 Å². The third-order valence-electron chi connectivity index (χ3n) is 5.96. The van der Waals surface area contributed by atoms with E-state index in [4.69, 9.17) is 0 Å². The van der Waals surface area contributed by atoms with Crippen LogP contribution < -0.4 is 0 Å². The summed E-state index contributed by atoms with van der Waals surface area (Å²) < 4.78 is 54.3. The van der Waals surface area contributed by atoms with E-state index in [0.29, 0.717) is 36.7 Å². The minimum atomic E-state index is -3.58. The lowest BCUT2D eigenvalue weighted by atomic mass is 9.98. The fraction of sp³-hybridized carbons (Fsp3) is 0.476. The first kappa shape index (κ1) is 23.4. The maximum atomic E-state index is 13.1. The van der Waals surface area contributed by atoms with Gasteiger partial charge in [-0.25, -0.2) is 16.8 Å². The quantitative estimate of drug-likeness (QED) is 0.607. The van der Waals surface area contributed by atoms with Gasteiger partial charge in [-0.2, -0.15) is 8.61 Å². The molecule has 0 saturated carbocycles. The number of thiophene rings is 1. The van der Waals surface area contributed by atoms with Crippen molar-refractivity contribution in [1.82, 2.24) is 13.5 Å². The molecule has 3 heterocycles. The Balaban J connectivity index is 1.35. The van der Waals surface area contributed by atoms with Crippen molar-refractivity contribution in [2.75, 3.05) is 39.3 Å². The van der Waals surface area contributed by atoms with Crippen LogP contribution in [0.5, 0.6) is 0 Å². The molecule has 8 nitrogen and oxygen atoms in total. The number of hydrogen-bond donors (Lipinski definition) is 0. The minimum absolute atomic E-state index is 0.0556. The maximum Gasteiger partial charge on any atom is 0.252 e. The lowest BCUT2D eigenvalue weighted by molar-refractivity contribution is -0.137. The third kappa shape index (κ3) is 5.07. The number of nitrogens with zero attached hydrogens (tertiary/aromatic N) is 3. The topological polar surface area (TPSA) is 95.1 Å². The molecular formula is C21H27N3O5S3. The highest BCUT2D eigenvalue weighted by molar-refractivity contribution is 7.91. The summed E-state index contributed by atoms with van der Waals surface area (Å²) in [6, 6.07) is 12.3. The van der Waals surface area contributed by atoms with E-state index in [-0.39, 0.29) is 31.3 Å². The molecule has 0 spiro atoms. The standard InChI is InChI=1S/C21H27N3O5S3/c25-21(19-8-4-10-24(16-19)32(28,29)20-9-5-15-30-20)22-11-13-23(14-12-22)31(26,27)17-18-6-2-1-3-7-18/h1-3,5-7,9,15,19H,4,8,10-14,16-17H2/t19-/m0/s1. The van der Waals surface area contributed by atoms with Crippen LogP contribution in [-0.2, 0) is 30.6 Å². The van der Waals surface area contributed by atoms with Gasteiger partial charge in [0.25, 0.3) is 10.0 Å². The molecule has 0 radical (unpaired) electrons. The summed E-state index contributed by atoms with van der Waals surface area (Å²) >= 11 is 1.18. The fourth-order valence-corrected chi connectivity index (χ4v) is 8.41. The molecule has 1 amide bonds. The number of piperidine rings is 1. The van der Waals surface area contributed by atoms with E-state index in [1.807, 2.05) is 18.2 Å². The highest BCUT2D eigenvalue weighted by Crippen LogP contribution is 2.27. The van der Waals surface area contributed by atoms with E-state index in [1.165, 1.54) is 19.9 Å². The molecule has 1 atom stereocenters. The lowest BCUT2D eigenvalue weighted by Gasteiger charge is -2.38. The molecule has 0 N–H and O–H groups in total. The van der Waals surface area contributed by atoms with Crippen LogP contribution in [0.1, 0.15) is 18.4 Å². The summed E-state index contributed by atoms with van der Waals surface area (Å²) in [6.45, 7) is 1.73. The van der Waals surface area contributed by atoms with E-state index in [0.717, 1.165) is 5.56 Å². The highest BCUT2D eigenvalue weighted by atomic mass is 32.2. The number of amides is 1. The molecule has 2 fully saturated rings. The van der Waals surface area contributed by atoms with Crippen molar-refractivity contribution in [3.63, 3.8) is 0 Å². The average molecular weight is 498 g/mol. The van der Waals surface area contributed by atoms with Gasteiger partial charge in [-0.15, -0.1) is 11.3 Å². The second kappa shape index (κ2) is 9.60. The van der Waals surface area contributed by atoms with Crippen molar-refractivity contribution in [3.8, 4) is 0 Å². The van der Waals surface area contributed by atoms with Crippen molar-refractivity contribution in [2.24, 2.45) is 5.92 Å². The molecule has 0 aliphatic carbocycles. The molecule has 0 bridgehead atoms. The van der Waals surface area contributed by atoms with Gasteiger partial charge >= 0.3 is 0 Å². The number of piperazine rings is 1. The normalized spacial score (nSPS) is 21.5. The van der Waals surface area contributed by atoms with E-state index in [1.54, 1.807) is 34.5 Å². The van der Waals surface area contributed by atoms with E-state index in [9.17, 15) is 21.6 Å². The summed E-state index contributed by atoms with van der Waals surface area (Å²) in [5.74, 6) is -0.540. The Morgan fingerprint density at radius 1 is 0.906 bits per heavy atom. The molecule has 2 aliphatic heterocycles. The molecule has 4 rings (SSSR count). The largest absolute Gasteiger partial charge is 0.340 e. The highest BCUT2D eigenvalue weighted by Gasteiger charge is 2.37. The summed E-state index contributed by atoms with van der Waals surface area (Å²) in [4.78, 5) is 14.8. The van der Waals surface area contributed by atoms with Crippen molar-refractivity contribution < 1.29 is 21.6 Å². The van der Waals surface area contributed by atoms with Gasteiger partial charge in [0.2, 0.25) is 15.9 Å². The Bertz CT molecular complexity index is 1130. The van der Waals surface area contributed by atoms with Gasteiger partial charge in [0.1, 0.15) is 4.21 Å². The number of rotatable bonds is 6. The number of benzene rings is 1. The number of carbonyl (C=O) groups is 1. The van der Waals surface area contributed by atoms with Crippen LogP contribution in [0.25, 0.3) is 0 Å². The second-order valence-electron chi connectivity index (χ2n) is 8.10. The zero-order valence-electron chi connectivity index (χ0n) is 17.7. The van der Waals surface area contributed by atoms with E-state index in [2.05, 4.69) is 0 Å². The van der Waals surface area contributed by atoms with Crippen molar-refractivity contribution in [3.05, 3.63) is 53.4 Å². The number of sulfonamides is 2. The van der Waals surface area contributed by atoms with E-state index >= 15 is 0 Å². The predicted molar refractivity (Wildman–Crippen MR) is 123 cm³/mol. The van der Waals surface area contributed by atoms with Crippen LogP contribution in [0.4, 0.5) is 0 Å². The second-order valence-corrected chi connectivity index (χ2v) is 13.2. The molecule has 2 aromatic rings. The molecule has 1 aromatic heterocycles. The summed E-state index contributed by atoms with van der Waals surface area (Å²) in [5.41, 5.74) is 0.736. The van der Waals surface area contributed by atoms with Gasteiger partial charge in [-0.1, -0.05) is 36.4 Å². The van der Waals surface area contributed by atoms with Gasteiger partial charge in [0.15, 0.2) is 0 Å². The van der Waals surface area contributed by atoms with Gasteiger partial charge in [-0.05, 0) is 29.9 Å².